The number of hydrogen-bond acceptors (Lipinski definition) is 3. The summed E-state index contributed by atoms with van der Waals surface area (Å²) in [5, 5.41) is 8.29. The Balaban J connectivity index is 0.000000255. The van der Waals surface area contributed by atoms with E-state index in [1.807, 2.05) is 0 Å². The maximum Gasteiger partial charge on any atom is 0.331 e. The summed E-state index contributed by atoms with van der Waals surface area (Å²) in [6.07, 6.45) is 3.15. The fourth-order valence-electron chi connectivity index (χ4n) is 0.690. The Hall–Kier alpha value is -1.58. The first kappa shape index (κ1) is 12.4. The second kappa shape index (κ2) is 5.96. The van der Waals surface area contributed by atoms with Gasteiger partial charge in [-0.3, -0.25) is 0 Å². The monoisotopic (exact) mass is 198 g/mol. The average molecular weight is 198 g/mol. The van der Waals surface area contributed by atoms with E-state index in [9.17, 15) is 9.59 Å². The molecule has 0 aromatic carbocycles. The van der Waals surface area contributed by atoms with Crippen molar-refractivity contribution in [1.82, 2.24) is 0 Å². The second-order valence-corrected chi connectivity index (χ2v) is 2.83. The summed E-state index contributed by atoms with van der Waals surface area (Å²) in [5.41, 5.74) is 0.380. The van der Waals surface area contributed by atoms with E-state index in [1.54, 1.807) is 0 Å². The molecule has 1 N–H and O–H groups in total. The number of ether oxygens (including phenoxy) is 1. The Morgan fingerprint density at radius 1 is 1.50 bits per heavy atom. The molecule has 0 unspecified atom stereocenters. The number of carboxylic acid groups (broad SMARTS) is 1. The summed E-state index contributed by atoms with van der Waals surface area (Å²) >= 11 is 0. The van der Waals surface area contributed by atoms with Crippen molar-refractivity contribution in [3.63, 3.8) is 0 Å². The van der Waals surface area contributed by atoms with E-state index < -0.39 is 11.9 Å². The van der Waals surface area contributed by atoms with Crippen molar-refractivity contribution in [2.45, 2.75) is 12.8 Å². The largest absolute Gasteiger partial charge is 0.478 e. The van der Waals surface area contributed by atoms with Crippen LogP contribution in [0.1, 0.15) is 12.8 Å². The fourth-order valence-corrected chi connectivity index (χ4v) is 0.690. The molecule has 0 spiro atoms. The fraction of sp³-hybridized carbons (Fsp3) is 0.400. The van der Waals surface area contributed by atoms with Crippen molar-refractivity contribution >= 4 is 11.9 Å². The van der Waals surface area contributed by atoms with Gasteiger partial charge < -0.3 is 9.84 Å². The van der Waals surface area contributed by atoms with E-state index in [0.717, 1.165) is 18.9 Å². The summed E-state index contributed by atoms with van der Waals surface area (Å²) in [4.78, 5) is 19.9. The van der Waals surface area contributed by atoms with Crippen molar-refractivity contribution in [3.8, 4) is 0 Å². The molecule has 78 valence electrons. The highest BCUT2D eigenvalue weighted by Gasteiger charge is 2.28. The zero-order chi connectivity index (χ0) is 11.1. The quantitative estimate of drug-likeness (QED) is 0.549. The van der Waals surface area contributed by atoms with Gasteiger partial charge in [0.05, 0.1) is 7.11 Å². The summed E-state index contributed by atoms with van der Waals surface area (Å²) in [6.45, 7) is 6.57. The molecule has 0 amide bonds. The van der Waals surface area contributed by atoms with Crippen molar-refractivity contribution in [3.05, 3.63) is 24.8 Å². The van der Waals surface area contributed by atoms with E-state index in [1.165, 1.54) is 7.11 Å². The molecule has 0 heterocycles. The number of carboxylic acids is 1. The summed E-state index contributed by atoms with van der Waals surface area (Å²) in [7, 11) is 1.31. The zero-order valence-corrected chi connectivity index (χ0v) is 8.16. The van der Waals surface area contributed by atoms with Crippen LogP contribution < -0.4 is 0 Å². The number of esters is 1. The highest BCUT2D eigenvalue weighted by molar-refractivity contribution is 5.86. The SMILES string of the molecule is C=C(C(=O)O)C1CC1.C=CC(=O)OC. The van der Waals surface area contributed by atoms with Crippen LogP contribution in [-0.4, -0.2) is 24.2 Å². The third-order valence-corrected chi connectivity index (χ3v) is 1.71. The highest BCUT2D eigenvalue weighted by Crippen LogP contribution is 2.35. The summed E-state index contributed by atoms with van der Waals surface area (Å²) in [5.74, 6) is -0.935. The first-order valence-electron chi connectivity index (χ1n) is 4.15. The lowest BCUT2D eigenvalue weighted by Gasteiger charge is -1.90. The lowest BCUT2D eigenvalue weighted by molar-refractivity contribution is -0.135. The van der Waals surface area contributed by atoms with Crippen molar-refractivity contribution in [2.24, 2.45) is 5.92 Å². The van der Waals surface area contributed by atoms with Crippen molar-refractivity contribution in [1.29, 1.82) is 0 Å². The van der Waals surface area contributed by atoms with Gasteiger partial charge in [-0.05, 0) is 18.8 Å². The number of carbonyl (C=O) groups excluding carboxylic acids is 1. The van der Waals surface area contributed by atoms with Crippen LogP contribution in [0.25, 0.3) is 0 Å². The van der Waals surface area contributed by atoms with Gasteiger partial charge in [-0.25, -0.2) is 9.59 Å². The minimum atomic E-state index is -0.840. The minimum Gasteiger partial charge on any atom is -0.478 e. The third kappa shape index (κ3) is 5.13. The van der Waals surface area contributed by atoms with Crippen LogP contribution in [0.3, 0.4) is 0 Å². The molecule has 0 atom stereocenters. The van der Waals surface area contributed by atoms with Gasteiger partial charge in [-0.1, -0.05) is 13.2 Å². The van der Waals surface area contributed by atoms with Crippen LogP contribution in [0.15, 0.2) is 24.8 Å². The van der Waals surface area contributed by atoms with Crippen LogP contribution in [0.2, 0.25) is 0 Å². The Labute approximate surface area is 82.9 Å². The van der Waals surface area contributed by atoms with Gasteiger partial charge in [0, 0.05) is 11.6 Å². The molecule has 1 aliphatic carbocycles. The predicted molar refractivity (Wildman–Crippen MR) is 51.7 cm³/mol. The van der Waals surface area contributed by atoms with Gasteiger partial charge in [0.15, 0.2) is 0 Å². The molecule has 0 saturated heterocycles. The maximum absolute atomic E-state index is 10.1. The van der Waals surface area contributed by atoms with Gasteiger partial charge >= 0.3 is 11.9 Å². The van der Waals surface area contributed by atoms with E-state index in [-0.39, 0.29) is 0 Å². The molecule has 4 nitrogen and oxygen atoms in total. The zero-order valence-electron chi connectivity index (χ0n) is 8.16. The van der Waals surface area contributed by atoms with E-state index in [2.05, 4.69) is 17.9 Å². The average Bonchev–Trinajstić information content (AvgIpc) is 2.99. The third-order valence-electron chi connectivity index (χ3n) is 1.71. The van der Waals surface area contributed by atoms with Gasteiger partial charge in [0.1, 0.15) is 0 Å². The Bertz CT molecular complexity index is 251. The van der Waals surface area contributed by atoms with Gasteiger partial charge in [-0.15, -0.1) is 0 Å². The molecule has 1 saturated carbocycles. The predicted octanol–water partition coefficient (Wildman–Crippen LogP) is 1.38. The lowest BCUT2D eigenvalue weighted by atomic mass is 10.2. The molecule has 4 heteroatoms. The topological polar surface area (TPSA) is 63.6 Å². The molecule has 14 heavy (non-hydrogen) atoms. The van der Waals surface area contributed by atoms with Crippen molar-refractivity contribution in [2.75, 3.05) is 7.11 Å². The normalized spacial score (nSPS) is 13.2. The Kier molecular flexibility index (Phi) is 5.29. The minimum absolute atomic E-state index is 0.299. The molecule has 0 aromatic rings. The van der Waals surface area contributed by atoms with Gasteiger partial charge in [0.25, 0.3) is 0 Å². The first-order chi connectivity index (χ1) is 6.52. The molecule has 1 aliphatic rings. The van der Waals surface area contributed by atoms with E-state index in [0.29, 0.717) is 11.5 Å². The maximum atomic E-state index is 10.1. The van der Waals surface area contributed by atoms with Crippen molar-refractivity contribution < 1.29 is 19.4 Å². The molecule has 1 rings (SSSR count). The number of aliphatic carboxylic acids is 1. The second-order valence-electron chi connectivity index (χ2n) is 2.83. The lowest BCUT2D eigenvalue weighted by Crippen LogP contribution is -1.99. The molecule has 0 bridgehead atoms. The molecular formula is C10H14O4. The van der Waals surface area contributed by atoms with Crippen LogP contribution in [0, 0.1) is 5.92 Å². The number of rotatable bonds is 3. The number of carbonyl (C=O) groups is 2. The van der Waals surface area contributed by atoms with Gasteiger partial charge in [-0.2, -0.15) is 0 Å². The van der Waals surface area contributed by atoms with Crippen LogP contribution in [0.5, 0.6) is 0 Å². The Morgan fingerprint density at radius 3 is 2.07 bits per heavy atom. The standard InChI is InChI=1S/C6H8O2.C4H6O2/c1-4(6(7)8)5-2-3-5;1-3-4(5)6-2/h5H,1-3H2,(H,7,8);3H,1H2,2H3. The number of methoxy groups -OCH3 is 1. The molecule has 0 aliphatic heterocycles. The molecule has 0 radical (unpaired) electrons. The molecular weight excluding hydrogens is 184 g/mol. The first-order valence-corrected chi connectivity index (χ1v) is 4.15. The Morgan fingerprint density at radius 2 is 2.00 bits per heavy atom. The van der Waals surface area contributed by atoms with E-state index in [4.69, 9.17) is 5.11 Å². The molecule has 1 fully saturated rings. The van der Waals surface area contributed by atoms with Crippen LogP contribution >= 0.6 is 0 Å². The molecule has 0 aromatic heterocycles. The summed E-state index contributed by atoms with van der Waals surface area (Å²) < 4.78 is 4.14. The van der Waals surface area contributed by atoms with Gasteiger partial charge in [0.2, 0.25) is 0 Å². The smallest absolute Gasteiger partial charge is 0.331 e. The van der Waals surface area contributed by atoms with Crippen LogP contribution in [0.4, 0.5) is 0 Å². The van der Waals surface area contributed by atoms with E-state index >= 15 is 0 Å². The highest BCUT2D eigenvalue weighted by atomic mass is 16.5. The number of hydrogen-bond donors (Lipinski definition) is 1. The van der Waals surface area contributed by atoms with Crippen LogP contribution in [-0.2, 0) is 14.3 Å². The summed E-state index contributed by atoms with van der Waals surface area (Å²) in [6, 6.07) is 0.